The first-order valence-corrected chi connectivity index (χ1v) is 16.2. The molecule has 1 aliphatic carbocycles. The Balaban J connectivity index is 1.43. The van der Waals surface area contributed by atoms with Crippen LogP contribution in [0.15, 0.2) is 66.9 Å². The Kier molecular flexibility index (Phi) is 6.62. The lowest BCUT2D eigenvalue weighted by Gasteiger charge is -2.34. The van der Waals surface area contributed by atoms with Gasteiger partial charge < -0.3 is 14.6 Å². The third-order valence-corrected chi connectivity index (χ3v) is 10.3. The van der Waals surface area contributed by atoms with Gasteiger partial charge in [-0.3, -0.25) is 9.89 Å². The summed E-state index contributed by atoms with van der Waals surface area (Å²) in [6.45, 7) is 1.26. The molecule has 1 amide bonds. The van der Waals surface area contributed by atoms with Crippen LogP contribution in [0.5, 0.6) is 0 Å². The van der Waals surface area contributed by atoms with Crippen LogP contribution >= 0.6 is 0 Å². The summed E-state index contributed by atoms with van der Waals surface area (Å²) in [5.41, 5.74) is 5.98. The maximum atomic E-state index is 14.1. The Morgan fingerprint density at radius 3 is 2.55 bits per heavy atom. The molecule has 7 rings (SSSR count). The van der Waals surface area contributed by atoms with Crippen molar-refractivity contribution in [3.8, 4) is 16.8 Å². The van der Waals surface area contributed by atoms with Crippen LogP contribution in [0.2, 0.25) is 0 Å². The van der Waals surface area contributed by atoms with Crippen molar-refractivity contribution in [2.24, 2.45) is 0 Å². The van der Waals surface area contributed by atoms with Gasteiger partial charge in [0.1, 0.15) is 15.7 Å². The quantitative estimate of drug-likeness (QED) is 0.273. The van der Waals surface area contributed by atoms with Gasteiger partial charge in [0, 0.05) is 64.7 Å². The summed E-state index contributed by atoms with van der Waals surface area (Å²) in [6, 6.07) is 18.0. The van der Waals surface area contributed by atoms with E-state index in [-0.39, 0.29) is 23.7 Å². The summed E-state index contributed by atoms with van der Waals surface area (Å²) in [7, 11) is -3.13. The molecule has 0 unspecified atom stereocenters. The van der Waals surface area contributed by atoms with Crippen molar-refractivity contribution in [1.82, 2.24) is 20.1 Å². The number of H-pyrrole nitrogens is 1. The third-order valence-electron chi connectivity index (χ3n) is 8.73. The van der Waals surface area contributed by atoms with E-state index in [1.165, 1.54) is 18.4 Å². The molecule has 0 spiro atoms. The van der Waals surface area contributed by atoms with Crippen LogP contribution in [0.3, 0.4) is 0 Å². The lowest BCUT2D eigenvalue weighted by atomic mass is 9.87. The molecule has 2 aliphatic rings. The van der Waals surface area contributed by atoms with Crippen LogP contribution in [0.25, 0.3) is 38.6 Å². The van der Waals surface area contributed by atoms with Gasteiger partial charge in [-0.2, -0.15) is 5.10 Å². The second-order valence-electron chi connectivity index (χ2n) is 11.4. The zero-order valence-corrected chi connectivity index (χ0v) is 24.0. The zero-order valence-electron chi connectivity index (χ0n) is 23.1. The number of ether oxygens (including phenoxy) is 1. The molecule has 0 bridgehead atoms. The standard InChI is InChI=1S/C32H31FN4O4S/c1-42(39,40)24-15-22(16-24)35-32(38)26-5-3-2-4-25(26)30-27-17-28-20(18-34-36-28)14-29(27)37(23-8-6-21(33)7-9-23)31(30)19-10-12-41-13-11-19/h2-9,14,17-19,22,24H,10-13,15-16H2,1H3,(H,34,36)(H,35,38). The highest BCUT2D eigenvalue weighted by atomic mass is 32.2. The number of amides is 1. The van der Waals surface area contributed by atoms with E-state index in [1.807, 2.05) is 24.3 Å². The van der Waals surface area contributed by atoms with Gasteiger partial charge in [-0.1, -0.05) is 18.2 Å². The molecule has 8 nitrogen and oxygen atoms in total. The third kappa shape index (κ3) is 4.68. The average molecular weight is 587 g/mol. The van der Waals surface area contributed by atoms with E-state index in [0.717, 1.165) is 57.2 Å². The van der Waals surface area contributed by atoms with Crippen LogP contribution < -0.4 is 5.32 Å². The summed E-state index contributed by atoms with van der Waals surface area (Å²) in [4.78, 5) is 13.8. The minimum atomic E-state index is -3.13. The lowest BCUT2D eigenvalue weighted by Crippen LogP contribution is -2.49. The van der Waals surface area contributed by atoms with E-state index in [1.54, 1.807) is 18.3 Å². The average Bonchev–Trinajstić information content (AvgIpc) is 3.55. The number of benzene rings is 3. The number of aromatic amines is 1. The van der Waals surface area contributed by atoms with Crippen LogP contribution in [0.1, 0.15) is 47.7 Å². The molecule has 216 valence electrons. The van der Waals surface area contributed by atoms with E-state index >= 15 is 0 Å². The maximum Gasteiger partial charge on any atom is 0.252 e. The Morgan fingerprint density at radius 2 is 1.81 bits per heavy atom. The van der Waals surface area contributed by atoms with Crippen LogP contribution in [-0.4, -0.2) is 59.9 Å². The molecule has 0 atom stereocenters. The van der Waals surface area contributed by atoms with Gasteiger partial charge in [-0.25, -0.2) is 12.8 Å². The highest BCUT2D eigenvalue weighted by molar-refractivity contribution is 7.91. The van der Waals surface area contributed by atoms with Crippen molar-refractivity contribution < 1.29 is 22.3 Å². The van der Waals surface area contributed by atoms with Gasteiger partial charge in [0.15, 0.2) is 0 Å². The monoisotopic (exact) mass is 586 g/mol. The number of aromatic nitrogens is 3. The number of carbonyl (C=O) groups is 1. The Bertz CT molecular complexity index is 1920. The largest absolute Gasteiger partial charge is 0.381 e. The number of carbonyl (C=O) groups excluding carboxylic acids is 1. The van der Waals surface area contributed by atoms with Gasteiger partial charge in [-0.05, 0) is 73.7 Å². The van der Waals surface area contributed by atoms with Crippen molar-refractivity contribution in [2.75, 3.05) is 19.5 Å². The number of sulfone groups is 1. The minimum Gasteiger partial charge on any atom is -0.381 e. The topological polar surface area (TPSA) is 106 Å². The molecule has 2 fully saturated rings. The van der Waals surface area contributed by atoms with E-state index in [2.05, 4.69) is 32.2 Å². The van der Waals surface area contributed by atoms with Crippen LogP contribution in [0.4, 0.5) is 4.39 Å². The molecule has 2 N–H and O–H groups in total. The maximum absolute atomic E-state index is 14.1. The second-order valence-corrected chi connectivity index (χ2v) is 13.7. The fourth-order valence-electron chi connectivity index (χ4n) is 6.45. The van der Waals surface area contributed by atoms with Gasteiger partial charge >= 0.3 is 0 Å². The summed E-state index contributed by atoms with van der Waals surface area (Å²) in [5, 5.41) is 11.9. The van der Waals surface area contributed by atoms with Crippen molar-refractivity contribution in [3.63, 3.8) is 0 Å². The van der Waals surface area contributed by atoms with Gasteiger partial charge in [0.2, 0.25) is 0 Å². The van der Waals surface area contributed by atoms with Crippen LogP contribution in [0, 0.1) is 5.82 Å². The van der Waals surface area contributed by atoms with E-state index in [4.69, 9.17) is 4.74 Å². The molecule has 1 aliphatic heterocycles. The smallest absolute Gasteiger partial charge is 0.252 e. The fourth-order valence-corrected chi connectivity index (χ4v) is 7.61. The molecule has 3 heterocycles. The molecule has 1 saturated carbocycles. The number of fused-ring (bicyclic) bond motifs is 2. The first-order chi connectivity index (χ1) is 20.3. The second kappa shape index (κ2) is 10.4. The number of rotatable bonds is 6. The number of halogens is 1. The first kappa shape index (κ1) is 26.9. The van der Waals surface area contributed by atoms with Crippen LogP contribution in [-0.2, 0) is 14.6 Å². The highest BCUT2D eigenvalue weighted by Crippen LogP contribution is 2.45. The molecular formula is C32H31FN4O4S. The highest BCUT2D eigenvalue weighted by Gasteiger charge is 2.37. The molecule has 1 saturated heterocycles. The van der Waals surface area contributed by atoms with E-state index < -0.39 is 15.1 Å². The summed E-state index contributed by atoms with van der Waals surface area (Å²) in [6.07, 6.45) is 5.49. The molecule has 3 aromatic carbocycles. The number of hydrogen-bond acceptors (Lipinski definition) is 5. The molecule has 5 aromatic rings. The van der Waals surface area contributed by atoms with Crippen molar-refractivity contribution in [1.29, 1.82) is 0 Å². The van der Waals surface area contributed by atoms with Gasteiger partial charge in [0.05, 0.1) is 22.5 Å². The lowest BCUT2D eigenvalue weighted by molar-refractivity contribution is 0.0843. The Hall–Kier alpha value is -4.02. The Labute approximate surface area is 242 Å². The van der Waals surface area contributed by atoms with Gasteiger partial charge in [0.25, 0.3) is 5.91 Å². The predicted molar refractivity (Wildman–Crippen MR) is 160 cm³/mol. The van der Waals surface area contributed by atoms with E-state index in [9.17, 15) is 17.6 Å². The van der Waals surface area contributed by atoms with Crippen molar-refractivity contribution in [2.45, 2.75) is 42.9 Å². The van der Waals surface area contributed by atoms with Crippen molar-refractivity contribution in [3.05, 3.63) is 83.9 Å². The van der Waals surface area contributed by atoms with Crippen molar-refractivity contribution >= 4 is 37.6 Å². The normalized spacial score (nSPS) is 19.7. The Morgan fingerprint density at radius 1 is 1.07 bits per heavy atom. The fraction of sp³-hybridized carbons (Fsp3) is 0.312. The molecule has 42 heavy (non-hydrogen) atoms. The predicted octanol–water partition coefficient (Wildman–Crippen LogP) is 5.51. The van der Waals surface area contributed by atoms with E-state index in [0.29, 0.717) is 31.6 Å². The number of nitrogens with one attached hydrogen (secondary N) is 2. The number of hydrogen-bond donors (Lipinski definition) is 2. The number of nitrogens with zero attached hydrogens (tertiary/aromatic N) is 2. The first-order valence-electron chi connectivity index (χ1n) is 14.2. The zero-order chi connectivity index (χ0) is 29.0. The summed E-state index contributed by atoms with van der Waals surface area (Å²) < 4.78 is 45.8. The molecule has 10 heteroatoms. The summed E-state index contributed by atoms with van der Waals surface area (Å²) >= 11 is 0. The summed E-state index contributed by atoms with van der Waals surface area (Å²) in [5.74, 6) is -0.400. The minimum absolute atomic E-state index is 0.140. The SMILES string of the molecule is CS(=O)(=O)C1CC(NC(=O)c2ccccc2-c2c(C3CCOCC3)n(-c3ccc(F)cc3)c3cc4cn[nH]c4cc23)C1. The van der Waals surface area contributed by atoms with Gasteiger partial charge in [-0.15, -0.1) is 0 Å². The molecule has 2 aromatic heterocycles. The molecular weight excluding hydrogens is 555 g/mol. The molecule has 0 radical (unpaired) electrons.